The number of hydrogen-bond donors (Lipinski definition) is 0. The van der Waals surface area contributed by atoms with Crippen LogP contribution < -0.4 is 0 Å². The topological polar surface area (TPSA) is 17.8 Å². The van der Waals surface area contributed by atoms with Gasteiger partial charge in [0.05, 0.1) is 5.75 Å². The third-order valence-electron chi connectivity index (χ3n) is 1.19. The van der Waals surface area contributed by atoms with Gasteiger partial charge in [-0.15, -0.1) is 0 Å². The van der Waals surface area contributed by atoms with Gasteiger partial charge in [-0.05, 0) is 6.26 Å². The molecule has 0 N–H and O–H groups in total. The van der Waals surface area contributed by atoms with Crippen LogP contribution in [0, 0.1) is 0 Å². The van der Waals surface area contributed by atoms with Crippen LogP contribution in [0.1, 0.15) is 5.82 Å². The second-order valence-corrected chi connectivity index (χ2v) is 2.75. The minimum Gasteiger partial charge on any atom is -0.337 e. The van der Waals surface area contributed by atoms with E-state index in [0.717, 1.165) is 11.6 Å². The van der Waals surface area contributed by atoms with Crippen LogP contribution in [0.3, 0.4) is 0 Å². The van der Waals surface area contributed by atoms with E-state index in [-0.39, 0.29) is 0 Å². The fourth-order valence-electron chi connectivity index (χ4n) is 0.665. The highest BCUT2D eigenvalue weighted by Crippen LogP contribution is 2.04. The molecule has 3 heteroatoms. The summed E-state index contributed by atoms with van der Waals surface area (Å²) < 4.78 is 2.04. The van der Waals surface area contributed by atoms with Gasteiger partial charge in [-0.2, -0.15) is 11.8 Å². The summed E-state index contributed by atoms with van der Waals surface area (Å²) in [5.41, 5.74) is 0. The van der Waals surface area contributed by atoms with E-state index in [9.17, 15) is 0 Å². The van der Waals surface area contributed by atoms with Gasteiger partial charge >= 0.3 is 0 Å². The van der Waals surface area contributed by atoms with Gasteiger partial charge in [0.25, 0.3) is 0 Å². The molecule has 0 unspecified atom stereocenters. The van der Waals surface area contributed by atoms with Gasteiger partial charge < -0.3 is 4.57 Å². The Labute approximate surface area is 59.3 Å². The van der Waals surface area contributed by atoms with E-state index in [1.165, 1.54) is 0 Å². The summed E-state index contributed by atoms with van der Waals surface area (Å²) >= 11 is 1.79. The molecule has 0 atom stereocenters. The first kappa shape index (κ1) is 6.68. The van der Waals surface area contributed by atoms with Crippen molar-refractivity contribution in [2.45, 2.75) is 5.75 Å². The smallest absolute Gasteiger partial charge is 0.118 e. The van der Waals surface area contributed by atoms with Gasteiger partial charge in [-0.25, -0.2) is 4.98 Å². The van der Waals surface area contributed by atoms with Crippen LogP contribution in [-0.2, 0) is 12.8 Å². The fraction of sp³-hybridized carbons (Fsp3) is 0.500. The lowest BCUT2D eigenvalue weighted by atomic mass is 10.7. The van der Waals surface area contributed by atoms with Crippen LogP contribution in [0.4, 0.5) is 0 Å². The third-order valence-corrected chi connectivity index (χ3v) is 1.74. The zero-order chi connectivity index (χ0) is 6.69. The second kappa shape index (κ2) is 2.92. The van der Waals surface area contributed by atoms with Crippen LogP contribution >= 0.6 is 11.8 Å². The van der Waals surface area contributed by atoms with E-state index in [0.29, 0.717) is 0 Å². The van der Waals surface area contributed by atoms with Crippen molar-refractivity contribution in [3.05, 3.63) is 18.2 Å². The molecule has 0 spiro atoms. The highest BCUT2D eigenvalue weighted by molar-refractivity contribution is 7.97. The molecule has 0 saturated heterocycles. The van der Waals surface area contributed by atoms with Gasteiger partial charge in [0, 0.05) is 19.4 Å². The van der Waals surface area contributed by atoms with Crippen molar-refractivity contribution >= 4 is 11.8 Å². The van der Waals surface area contributed by atoms with Crippen molar-refractivity contribution in [3.63, 3.8) is 0 Å². The molecular formula is C6H10N2S. The largest absolute Gasteiger partial charge is 0.337 e. The predicted octanol–water partition coefficient (Wildman–Crippen LogP) is 1.28. The monoisotopic (exact) mass is 142 g/mol. The first-order chi connectivity index (χ1) is 4.34. The third kappa shape index (κ3) is 1.48. The molecule has 0 fully saturated rings. The Morgan fingerprint density at radius 1 is 1.78 bits per heavy atom. The minimum atomic E-state index is 1.00. The minimum absolute atomic E-state index is 1.00. The Kier molecular flexibility index (Phi) is 2.16. The van der Waals surface area contributed by atoms with Crippen LogP contribution in [-0.4, -0.2) is 15.8 Å². The Balaban J connectivity index is 2.69. The number of aryl methyl sites for hydroxylation is 1. The summed E-state index contributed by atoms with van der Waals surface area (Å²) in [7, 11) is 2.01. The van der Waals surface area contributed by atoms with Crippen LogP contribution in [0.15, 0.2) is 12.4 Å². The van der Waals surface area contributed by atoms with Gasteiger partial charge in [0.15, 0.2) is 0 Å². The predicted molar refractivity (Wildman–Crippen MR) is 40.4 cm³/mol. The lowest BCUT2D eigenvalue weighted by molar-refractivity contribution is 0.850. The maximum absolute atomic E-state index is 4.15. The lowest BCUT2D eigenvalue weighted by Crippen LogP contribution is -1.93. The van der Waals surface area contributed by atoms with Crippen LogP contribution in [0.5, 0.6) is 0 Å². The molecule has 1 rings (SSSR count). The summed E-state index contributed by atoms with van der Waals surface area (Å²) in [4.78, 5) is 4.15. The number of hydrogen-bond acceptors (Lipinski definition) is 2. The van der Waals surface area contributed by atoms with E-state index < -0.39 is 0 Å². The molecule has 0 aliphatic carbocycles. The van der Waals surface area contributed by atoms with Gasteiger partial charge in [-0.1, -0.05) is 0 Å². The Hall–Kier alpha value is -0.440. The quantitative estimate of drug-likeness (QED) is 0.619. The normalized spacial score (nSPS) is 10.0. The van der Waals surface area contributed by atoms with Crippen molar-refractivity contribution in [2.75, 3.05) is 6.26 Å². The highest BCUT2D eigenvalue weighted by atomic mass is 32.2. The zero-order valence-corrected chi connectivity index (χ0v) is 6.48. The Bertz CT molecular complexity index is 183. The zero-order valence-electron chi connectivity index (χ0n) is 5.66. The Morgan fingerprint density at radius 3 is 3.00 bits per heavy atom. The van der Waals surface area contributed by atoms with Crippen molar-refractivity contribution in [2.24, 2.45) is 7.05 Å². The van der Waals surface area contributed by atoms with E-state index in [2.05, 4.69) is 11.2 Å². The summed E-state index contributed by atoms with van der Waals surface area (Å²) in [5, 5.41) is 0. The summed E-state index contributed by atoms with van der Waals surface area (Å²) in [5.74, 6) is 2.14. The van der Waals surface area contributed by atoms with E-state index in [4.69, 9.17) is 0 Å². The molecule has 0 amide bonds. The second-order valence-electron chi connectivity index (χ2n) is 1.89. The van der Waals surface area contributed by atoms with Gasteiger partial charge in [0.2, 0.25) is 0 Å². The average molecular weight is 142 g/mol. The fourth-order valence-corrected chi connectivity index (χ4v) is 1.20. The van der Waals surface area contributed by atoms with E-state index >= 15 is 0 Å². The maximum Gasteiger partial charge on any atom is 0.118 e. The summed E-state index contributed by atoms with van der Waals surface area (Å²) in [6, 6.07) is 0. The maximum atomic E-state index is 4.15. The number of nitrogens with zero attached hydrogens (tertiary/aromatic N) is 2. The van der Waals surface area contributed by atoms with Gasteiger partial charge in [0.1, 0.15) is 5.82 Å². The average Bonchev–Trinajstić information content (AvgIpc) is 2.18. The molecule has 0 aliphatic rings. The molecule has 0 aliphatic heterocycles. The summed E-state index contributed by atoms with van der Waals surface area (Å²) in [6.45, 7) is 0. The van der Waals surface area contributed by atoms with Crippen molar-refractivity contribution < 1.29 is 0 Å². The molecule has 1 heterocycles. The Morgan fingerprint density at radius 2 is 2.56 bits per heavy atom. The number of imidazole rings is 1. The lowest BCUT2D eigenvalue weighted by Gasteiger charge is -1.95. The molecule has 1 aromatic rings. The number of aromatic nitrogens is 2. The SMILES string of the molecule is CSCc1nccn1C. The molecule has 0 radical (unpaired) electrons. The van der Waals surface area contributed by atoms with Crippen molar-refractivity contribution in [1.82, 2.24) is 9.55 Å². The van der Waals surface area contributed by atoms with E-state index in [1.54, 1.807) is 11.8 Å². The number of thioether (sulfide) groups is 1. The standard InChI is InChI=1S/C6H10N2S/c1-8-4-3-7-6(8)5-9-2/h3-4H,5H2,1-2H3. The summed E-state index contributed by atoms with van der Waals surface area (Å²) in [6.07, 6.45) is 5.87. The highest BCUT2D eigenvalue weighted by Gasteiger charge is 1.94. The molecule has 0 aromatic carbocycles. The molecule has 50 valence electrons. The molecule has 1 aromatic heterocycles. The first-order valence-corrected chi connectivity index (χ1v) is 4.19. The van der Waals surface area contributed by atoms with Crippen molar-refractivity contribution in [1.29, 1.82) is 0 Å². The number of rotatable bonds is 2. The van der Waals surface area contributed by atoms with Crippen molar-refractivity contribution in [3.8, 4) is 0 Å². The molecule has 9 heavy (non-hydrogen) atoms. The first-order valence-electron chi connectivity index (χ1n) is 2.79. The van der Waals surface area contributed by atoms with Gasteiger partial charge in [-0.3, -0.25) is 0 Å². The van der Waals surface area contributed by atoms with Crippen LogP contribution in [0.25, 0.3) is 0 Å². The molecular weight excluding hydrogens is 132 g/mol. The van der Waals surface area contributed by atoms with E-state index in [1.807, 2.05) is 24.0 Å². The van der Waals surface area contributed by atoms with Crippen LogP contribution in [0.2, 0.25) is 0 Å². The molecule has 0 saturated carbocycles. The molecule has 2 nitrogen and oxygen atoms in total. The molecule has 0 bridgehead atoms.